The van der Waals surface area contributed by atoms with Crippen LogP contribution in [0.25, 0.3) is 0 Å². The molecule has 1 heterocycles. The number of rotatable bonds is 10. The normalized spacial score (nSPS) is 15.6. The molecular weight excluding hydrogens is 376 g/mol. The van der Waals surface area contributed by atoms with Gasteiger partial charge in [0.1, 0.15) is 11.5 Å². The Hall–Kier alpha value is -2.53. The topological polar surface area (TPSA) is 42.0 Å². The van der Waals surface area contributed by atoms with Crippen LogP contribution < -0.4 is 9.47 Å². The molecule has 162 valence electrons. The summed E-state index contributed by atoms with van der Waals surface area (Å²) in [5.74, 6) is 1.61. The summed E-state index contributed by atoms with van der Waals surface area (Å²) in [5.41, 5.74) is 1.32. The molecule has 0 bridgehead atoms. The molecule has 30 heavy (non-hydrogen) atoms. The van der Waals surface area contributed by atoms with Crippen LogP contribution in [0.5, 0.6) is 11.5 Å². The molecule has 1 saturated heterocycles. The molecule has 1 aliphatic heterocycles. The number of benzene rings is 2. The molecule has 0 N–H and O–H groups in total. The Bertz CT molecular complexity index is 756. The summed E-state index contributed by atoms with van der Waals surface area (Å²) in [4.78, 5) is 17.6. The highest BCUT2D eigenvalue weighted by Crippen LogP contribution is 2.21. The van der Waals surface area contributed by atoms with Crippen LogP contribution in [0.2, 0.25) is 0 Å². The number of ether oxygens (including phenoxy) is 2. The van der Waals surface area contributed by atoms with Gasteiger partial charge in [0.2, 0.25) is 0 Å². The van der Waals surface area contributed by atoms with Gasteiger partial charge in [0, 0.05) is 32.7 Å². The van der Waals surface area contributed by atoms with Crippen LogP contribution in [0.1, 0.15) is 38.2 Å². The quantitative estimate of drug-likeness (QED) is 0.546. The summed E-state index contributed by atoms with van der Waals surface area (Å²) in [7, 11) is 1.64. The number of nitrogens with zero attached hydrogens (tertiary/aromatic N) is 2. The van der Waals surface area contributed by atoms with Crippen LogP contribution in [0.3, 0.4) is 0 Å². The highest BCUT2D eigenvalue weighted by molar-refractivity contribution is 5.81. The summed E-state index contributed by atoms with van der Waals surface area (Å²) in [6.45, 7) is 6.40. The van der Waals surface area contributed by atoms with E-state index in [0.29, 0.717) is 5.75 Å². The van der Waals surface area contributed by atoms with E-state index in [1.54, 1.807) is 7.11 Å². The van der Waals surface area contributed by atoms with Gasteiger partial charge in [-0.2, -0.15) is 0 Å². The lowest BCUT2D eigenvalue weighted by atomic mass is 10.1. The van der Waals surface area contributed by atoms with Crippen molar-refractivity contribution in [1.82, 2.24) is 9.80 Å². The lowest BCUT2D eigenvalue weighted by Gasteiger charge is -2.36. The van der Waals surface area contributed by atoms with Gasteiger partial charge in [-0.05, 0) is 42.7 Å². The molecule has 1 aliphatic rings. The monoisotopic (exact) mass is 410 g/mol. The zero-order valence-corrected chi connectivity index (χ0v) is 18.3. The van der Waals surface area contributed by atoms with Crippen molar-refractivity contribution in [2.75, 3.05) is 33.3 Å². The van der Waals surface area contributed by atoms with E-state index in [1.165, 1.54) is 5.56 Å². The highest BCUT2D eigenvalue weighted by Gasteiger charge is 2.28. The van der Waals surface area contributed by atoms with Gasteiger partial charge in [-0.15, -0.1) is 0 Å². The maximum absolute atomic E-state index is 13.2. The third-order valence-corrected chi connectivity index (χ3v) is 5.62. The number of hydrogen-bond donors (Lipinski definition) is 0. The van der Waals surface area contributed by atoms with Crippen molar-refractivity contribution in [2.45, 2.75) is 45.3 Å². The minimum atomic E-state index is -0.425. The fraction of sp³-hybridized carbons (Fsp3) is 0.480. The number of carbonyl (C=O) groups is 1. The van der Waals surface area contributed by atoms with Crippen molar-refractivity contribution in [2.24, 2.45) is 0 Å². The van der Waals surface area contributed by atoms with Crippen LogP contribution in [0.4, 0.5) is 0 Å². The van der Waals surface area contributed by atoms with Crippen molar-refractivity contribution < 1.29 is 14.3 Å². The number of methoxy groups -OCH3 is 1. The first-order chi connectivity index (χ1) is 14.7. The molecule has 0 aromatic heterocycles. The Morgan fingerprint density at radius 2 is 1.60 bits per heavy atom. The van der Waals surface area contributed by atoms with Gasteiger partial charge in [-0.1, -0.05) is 50.1 Å². The molecule has 2 aromatic rings. The average molecular weight is 411 g/mol. The number of amides is 1. The Kier molecular flexibility index (Phi) is 8.57. The van der Waals surface area contributed by atoms with Crippen molar-refractivity contribution in [1.29, 1.82) is 0 Å². The third-order valence-electron chi connectivity index (χ3n) is 5.62. The summed E-state index contributed by atoms with van der Waals surface area (Å²) < 4.78 is 11.4. The van der Waals surface area contributed by atoms with Gasteiger partial charge >= 0.3 is 0 Å². The van der Waals surface area contributed by atoms with Crippen molar-refractivity contribution in [3.05, 3.63) is 60.2 Å². The van der Waals surface area contributed by atoms with Gasteiger partial charge in [-0.25, -0.2) is 0 Å². The molecule has 0 spiro atoms. The molecule has 0 aliphatic carbocycles. The van der Waals surface area contributed by atoms with E-state index < -0.39 is 6.10 Å². The molecule has 1 fully saturated rings. The Morgan fingerprint density at radius 1 is 0.933 bits per heavy atom. The molecular formula is C25H34N2O3. The summed E-state index contributed by atoms with van der Waals surface area (Å²) >= 11 is 0. The van der Waals surface area contributed by atoms with Crippen molar-refractivity contribution >= 4 is 5.91 Å². The van der Waals surface area contributed by atoms with Gasteiger partial charge in [0.05, 0.1) is 7.11 Å². The maximum atomic E-state index is 13.2. The van der Waals surface area contributed by atoms with E-state index in [2.05, 4.69) is 36.1 Å². The molecule has 0 radical (unpaired) electrons. The molecule has 1 atom stereocenters. The smallest absolute Gasteiger partial charge is 0.263 e. The molecule has 2 aromatic carbocycles. The van der Waals surface area contributed by atoms with E-state index in [-0.39, 0.29) is 5.91 Å². The second kappa shape index (κ2) is 11.6. The standard InChI is InChI=1S/C25H34N2O3/c1-3-4-6-11-24(30-23-14-12-22(29-2)13-15-23)25(28)27-18-16-26(17-19-27)20-21-9-7-5-8-10-21/h5,7-10,12-15,24H,3-4,6,11,16-20H2,1-2H3. The number of piperazine rings is 1. The molecule has 5 heteroatoms. The molecule has 0 saturated carbocycles. The fourth-order valence-corrected chi connectivity index (χ4v) is 3.80. The zero-order chi connectivity index (χ0) is 21.2. The minimum Gasteiger partial charge on any atom is -0.497 e. The third kappa shape index (κ3) is 6.49. The molecule has 5 nitrogen and oxygen atoms in total. The fourth-order valence-electron chi connectivity index (χ4n) is 3.80. The Balaban J connectivity index is 1.56. The van der Waals surface area contributed by atoms with E-state index in [4.69, 9.17) is 9.47 Å². The van der Waals surface area contributed by atoms with Crippen molar-refractivity contribution in [3.63, 3.8) is 0 Å². The van der Waals surface area contributed by atoms with E-state index in [0.717, 1.165) is 64.2 Å². The first-order valence-corrected chi connectivity index (χ1v) is 11.1. The minimum absolute atomic E-state index is 0.112. The van der Waals surface area contributed by atoms with Gasteiger partial charge in [0.15, 0.2) is 6.10 Å². The van der Waals surface area contributed by atoms with Gasteiger partial charge in [-0.3, -0.25) is 9.69 Å². The van der Waals surface area contributed by atoms with Gasteiger partial charge in [0.25, 0.3) is 5.91 Å². The largest absolute Gasteiger partial charge is 0.497 e. The second-order valence-corrected chi connectivity index (χ2v) is 7.86. The second-order valence-electron chi connectivity index (χ2n) is 7.86. The van der Waals surface area contributed by atoms with Crippen molar-refractivity contribution in [3.8, 4) is 11.5 Å². The predicted molar refractivity (Wildman–Crippen MR) is 120 cm³/mol. The Morgan fingerprint density at radius 3 is 2.23 bits per heavy atom. The van der Waals surface area contributed by atoms with Crippen LogP contribution in [-0.2, 0) is 11.3 Å². The summed E-state index contributed by atoms with van der Waals surface area (Å²) in [6.07, 6.45) is 3.56. The first kappa shape index (κ1) is 22.2. The molecule has 1 amide bonds. The number of unbranched alkanes of at least 4 members (excludes halogenated alkanes) is 2. The van der Waals surface area contributed by atoms with Gasteiger partial charge < -0.3 is 14.4 Å². The summed E-state index contributed by atoms with van der Waals surface area (Å²) in [6, 6.07) is 18.0. The van der Waals surface area contributed by atoms with E-state index >= 15 is 0 Å². The highest BCUT2D eigenvalue weighted by atomic mass is 16.5. The van der Waals surface area contributed by atoms with Crippen LogP contribution in [-0.4, -0.2) is 55.1 Å². The predicted octanol–water partition coefficient (Wildman–Crippen LogP) is 4.37. The van der Waals surface area contributed by atoms with Crippen LogP contribution in [0.15, 0.2) is 54.6 Å². The number of carbonyl (C=O) groups excluding carboxylic acids is 1. The SMILES string of the molecule is CCCCCC(Oc1ccc(OC)cc1)C(=O)N1CCN(Cc2ccccc2)CC1. The zero-order valence-electron chi connectivity index (χ0n) is 18.3. The Labute approximate surface area is 180 Å². The average Bonchev–Trinajstić information content (AvgIpc) is 2.80. The lowest BCUT2D eigenvalue weighted by Crippen LogP contribution is -2.52. The van der Waals surface area contributed by atoms with E-state index in [1.807, 2.05) is 35.2 Å². The first-order valence-electron chi connectivity index (χ1n) is 11.1. The number of hydrogen-bond acceptors (Lipinski definition) is 4. The molecule has 3 rings (SSSR count). The summed E-state index contributed by atoms with van der Waals surface area (Å²) in [5, 5.41) is 0. The van der Waals surface area contributed by atoms with E-state index in [9.17, 15) is 4.79 Å². The van der Waals surface area contributed by atoms with Crippen LogP contribution in [0, 0.1) is 0 Å². The van der Waals surface area contributed by atoms with Crippen LogP contribution >= 0.6 is 0 Å². The maximum Gasteiger partial charge on any atom is 0.263 e. The molecule has 1 unspecified atom stereocenters. The lowest BCUT2D eigenvalue weighted by molar-refractivity contribution is -0.141.